The molecule has 1 heterocycles. The quantitative estimate of drug-likeness (QED) is 0.197. The number of nitrogens with zero attached hydrogens (tertiary/aromatic N) is 1. The average Bonchev–Trinajstić information content (AvgIpc) is 3.20. The molecule has 1 saturated carbocycles. The topological polar surface area (TPSA) is 98.9 Å². The van der Waals surface area contributed by atoms with Gasteiger partial charge in [0.2, 0.25) is 12.3 Å². The van der Waals surface area contributed by atoms with Crippen molar-refractivity contribution in [2.45, 2.75) is 119 Å². The van der Waals surface area contributed by atoms with Gasteiger partial charge in [-0.1, -0.05) is 53.2 Å². The molecule has 0 aromatic heterocycles. The van der Waals surface area contributed by atoms with E-state index in [2.05, 4.69) is 53.7 Å². The maximum atomic E-state index is 12.4. The molecule has 0 spiro atoms. The number of carboxylic acids is 1. The minimum Gasteiger partial charge on any atom is -0.481 e. The normalized spacial score (nSPS) is 31.9. The van der Waals surface area contributed by atoms with Gasteiger partial charge in [-0.25, -0.2) is 0 Å². The summed E-state index contributed by atoms with van der Waals surface area (Å²) in [6.45, 7) is 21.1. The number of hydrogen-bond acceptors (Lipinski definition) is 5. The van der Waals surface area contributed by atoms with Crippen molar-refractivity contribution in [1.82, 2.24) is 0 Å². The zero-order chi connectivity index (χ0) is 30.0. The van der Waals surface area contributed by atoms with E-state index >= 15 is 0 Å². The molecule has 0 radical (unpaired) electrons. The van der Waals surface area contributed by atoms with E-state index in [1.807, 2.05) is 27.7 Å². The van der Waals surface area contributed by atoms with Crippen molar-refractivity contribution >= 4 is 5.97 Å². The van der Waals surface area contributed by atoms with Crippen LogP contribution < -0.4 is 9.47 Å². The highest BCUT2D eigenvalue weighted by molar-refractivity contribution is 5.74. The molecule has 1 N–H and O–H groups in total. The smallest absolute Gasteiger partial charge is 0.309 e. The van der Waals surface area contributed by atoms with Gasteiger partial charge in [-0.15, -0.1) is 0 Å². The molecule has 0 amide bonds. The van der Waals surface area contributed by atoms with Gasteiger partial charge >= 0.3 is 5.97 Å². The van der Waals surface area contributed by atoms with Gasteiger partial charge in [0, 0.05) is 24.7 Å². The van der Waals surface area contributed by atoms with Crippen molar-refractivity contribution in [3.8, 4) is 11.5 Å². The van der Waals surface area contributed by atoms with Crippen LogP contribution in [0.25, 0.3) is 0 Å². The lowest BCUT2D eigenvalue weighted by atomic mass is 9.46. The van der Waals surface area contributed by atoms with E-state index in [1.165, 1.54) is 5.57 Å². The van der Waals surface area contributed by atoms with Crippen molar-refractivity contribution in [3.63, 3.8) is 0 Å². The lowest BCUT2D eigenvalue weighted by Crippen LogP contribution is -2.51. The number of hydrogen-bond donors (Lipinski definition) is 1. The highest BCUT2D eigenvalue weighted by atomic mass is 16.7. The van der Waals surface area contributed by atoms with E-state index in [4.69, 9.17) is 9.47 Å². The van der Waals surface area contributed by atoms with E-state index in [0.717, 1.165) is 36.0 Å². The number of ether oxygens (including phenoxy) is 2. The van der Waals surface area contributed by atoms with Crippen LogP contribution in [0.1, 0.15) is 123 Å². The Morgan fingerprint density at radius 1 is 1.18 bits per heavy atom. The molecule has 2 aliphatic carbocycles. The number of aliphatic carboxylic acids is 1. The molecule has 7 atom stereocenters. The molecule has 0 saturated heterocycles. The highest BCUT2D eigenvalue weighted by Gasteiger charge is 2.56. The molecule has 3 aliphatic rings. The van der Waals surface area contributed by atoms with Crippen molar-refractivity contribution in [1.29, 1.82) is 0 Å². The standard InChI is InChI=1S/C33H49NO6/c1-11-32(9,33(10,12-2)25-17-31(8,29(35)36)14-13-19(25)3)24-15-22(18-34(37)38)27-21(5)28-26(16-23(27)20(24)4)39-30(6,7)40-28/h15-16,19-20,22,25H,11-14,17-18H2,1-10H3,(H,35,36)/t19-,20-,22+,25-,31-,32-,33+/m1/s1. The molecule has 1 fully saturated rings. The van der Waals surface area contributed by atoms with Crippen LogP contribution in [0, 0.1) is 45.1 Å². The van der Waals surface area contributed by atoms with Crippen molar-refractivity contribution in [2.75, 3.05) is 6.54 Å². The number of benzene rings is 1. The van der Waals surface area contributed by atoms with Crippen molar-refractivity contribution in [2.24, 2.45) is 28.1 Å². The van der Waals surface area contributed by atoms with Gasteiger partial charge in [0.1, 0.15) is 0 Å². The highest BCUT2D eigenvalue weighted by Crippen LogP contribution is 2.64. The average molecular weight is 556 g/mol. The predicted octanol–water partition coefficient (Wildman–Crippen LogP) is 8.27. The minimum absolute atomic E-state index is 0.0231. The number of carboxylic acid groups (broad SMARTS) is 1. The molecule has 7 nitrogen and oxygen atoms in total. The fraction of sp³-hybridized carbons (Fsp3) is 0.727. The molecule has 0 unspecified atom stereocenters. The fourth-order valence-electron chi connectivity index (χ4n) is 8.55. The van der Waals surface area contributed by atoms with Crippen LogP contribution in [0.2, 0.25) is 0 Å². The summed E-state index contributed by atoms with van der Waals surface area (Å²) >= 11 is 0. The van der Waals surface area contributed by atoms with Gasteiger partial charge in [-0.3, -0.25) is 14.9 Å². The van der Waals surface area contributed by atoms with Crippen LogP contribution in [0.3, 0.4) is 0 Å². The Labute approximate surface area is 239 Å². The number of rotatable bonds is 8. The third kappa shape index (κ3) is 4.61. The van der Waals surface area contributed by atoms with Gasteiger partial charge in [0.25, 0.3) is 0 Å². The van der Waals surface area contributed by atoms with E-state index in [-0.39, 0.29) is 40.1 Å². The maximum absolute atomic E-state index is 12.4. The molecule has 4 rings (SSSR count). The largest absolute Gasteiger partial charge is 0.481 e. The molecular formula is C33H49NO6. The third-order valence-electron chi connectivity index (χ3n) is 11.5. The Hall–Kier alpha value is -2.57. The number of nitro groups is 1. The predicted molar refractivity (Wildman–Crippen MR) is 157 cm³/mol. The third-order valence-corrected chi connectivity index (χ3v) is 11.5. The molecule has 1 aromatic carbocycles. The van der Waals surface area contributed by atoms with Gasteiger partial charge in [-0.05, 0) is 91.4 Å². The fourth-order valence-corrected chi connectivity index (χ4v) is 8.55. The Balaban J connectivity index is 1.88. The van der Waals surface area contributed by atoms with Crippen molar-refractivity contribution in [3.05, 3.63) is 44.5 Å². The van der Waals surface area contributed by atoms with Crippen LogP contribution in [0.4, 0.5) is 0 Å². The Kier molecular flexibility index (Phi) is 7.64. The van der Waals surface area contributed by atoms with E-state index < -0.39 is 17.2 Å². The Morgan fingerprint density at radius 3 is 2.38 bits per heavy atom. The summed E-state index contributed by atoms with van der Waals surface area (Å²) in [5, 5.41) is 22.1. The summed E-state index contributed by atoms with van der Waals surface area (Å²) in [6.07, 6.45) is 6.18. The van der Waals surface area contributed by atoms with Crippen LogP contribution in [-0.2, 0) is 4.79 Å². The second-order valence-corrected chi connectivity index (χ2v) is 14.1. The first-order valence-corrected chi connectivity index (χ1v) is 15.1. The van der Waals surface area contributed by atoms with E-state index in [0.29, 0.717) is 30.3 Å². The van der Waals surface area contributed by atoms with Gasteiger partial charge in [-0.2, -0.15) is 0 Å². The lowest BCUT2D eigenvalue weighted by molar-refractivity contribution is -0.481. The Morgan fingerprint density at radius 2 is 1.82 bits per heavy atom. The van der Waals surface area contributed by atoms with Crippen LogP contribution in [0.15, 0.2) is 17.7 Å². The molecule has 40 heavy (non-hydrogen) atoms. The molecule has 0 bridgehead atoms. The van der Waals surface area contributed by atoms with E-state index in [9.17, 15) is 20.0 Å². The SMILES string of the molecule is CC[C@@](C)([C@@H]1C[C@](C)(C(=O)O)CC[C@H]1C)[C@](C)(CC)C1=C[C@@H](C[N+](=O)[O-])c2c(cc3c(c2C)OC(C)(C)O3)[C@H]1C. The maximum Gasteiger partial charge on any atom is 0.309 e. The van der Waals surface area contributed by atoms with Crippen LogP contribution >= 0.6 is 0 Å². The summed E-state index contributed by atoms with van der Waals surface area (Å²) in [7, 11) is 0. The second-order valence-electron chi connectivity index (χ2n) is 14.1. The minimum atomic E-state index is -0.790. The van der Waals surface area contributed by atoms with E-state index in [1.54, 1.807) is 0 Å². The summed E-state index contributed by atoms with van der Waals surface area (Å²) in [5.41, 5.74) is 2.96. The first-order valence-electron chi connectivity index (χ1n) is 15.1. The van der Waals surface area contributed by atoms with Gasteiger partial charge < -0.3 is 14.6 Å². The Bertz CT molecular complexity index is 1240. The van der Waals surface area contributed by atoms with Gasteiger partial charge in [0.15, 0.2) is 11.5 Å². The monoisotopic (exact) mass is 555 g/mol. The summed E-state index contributed by atoms with van der Waals surface area (Å²) < 4.78 is 12.3. The molecule has 7 heteroatoms. The second kappa shape index (κ2) is 10.1. The summed E-state index contributed by atoms with van der Waals surface area (Å²) in [5.74, 6) is 0.125. The van der Waals surface area contributed by atoms with Crippen LogP contribution in [0.5, 0.6) is 11.5 Å². The van der Waals surface area contributed by atoms with Gasteiger partial charge in [0.05, 0.1) is 11.3 Å². The molecular weight excluding hydrogens is 506 g/mol. The molecule has 1 aromatic rings. The van der Waals surface area contributed by atoms with Crippen LogP contribution in [-0.4, -0.2) is 28.3 Å². The summed E-state index contributed by atoms with van der Waals surface area (Å²) in [6, 6.07) is 2.06. The molecule has 222 valence electrons. The number of fused-ring (bicyclic) bond motifs is 2. The first kappa shape index (κ1) is 30.4. The zero-order valence-corrected chi connectivity index (χ0v) is 26.1. The summed E-state index contributed by atoms with van der Waals surface area (Å²) in [4.78, 5) is 24.1. The number of allylic oxidation sites excluding steroid dienone is 1. The molecule has 1 aliphatic heterocycles. The lowest BCUT2D eigenvalue weighted by Gasteiger charge is -2.58. The first-order chi connectivity index (χ1) is 18.4. The van der Waals surface area contributed by atoms with Crippen molar-refractivity contribution < 1.29 is 24.3 Å². The zero-order valence-electron chi connectivity index (χ0n) is 26.1. The number of carbonyl (C=O) groups is 1.